The molecule has 0 aromatic carbocycles. The Morgan fingerprint density at radius 2 is 2.20 bits per heavy atom. The first-order valence-corrected chi connectivity index (χ1v) is 6.70. The van der Waals surface area contributed by atoms with Gasteiger partial charge in [-0.1, -0.05) is 6.92 Å². The van der Waals surface area contributed by atoms with Gasteiger partial charge in [0.05, 0.1) is 5.69 Å². The molecule has 0 spiro atoms. The van der Waals surface area contributed by atoms with Gasteiger partial charge in [-0.25, -0.2) is 0 Å². The van der Waals surface area contributed by atoms with E-state index in [0.29, 0.717) is 0 Å². The van der Waals surface area contributed by atoms with Crippen molar-refractivity contribution in [2.24, 2.45) is 0 Å². The molecule has 0 aliphatic carbocycles. The van der Waals surface area contributed by atoms with Crippen molar-refractivity contribution in [2.45, 2.75) is 27.3 Å². The second-order valence-electron chi connectivity index (χ2n) is 3.52. The number of nitrogens with zero attached hydrogens (tertiary/aromatic N) is 1. The van der Waals surface area contributed by atoms with E-state index < -0.39 is 10.8 Å². The first kappa shape index (κ1) is 12.4. The third-order valence-electron chi connectivity index (χ3n) is 2.41. The first-order valence-electron chi connectivity index (χ1n) is 5.21. The lowest BCUT2D eigenvalue weighted by molar-refractivity contribution is 0.673. The van der Waals surface area contributed by atoms with Gasteiger partial charge in [0, 0.05) is 46.7 Å². The maximum absolute atomic E-state index is 11.2. The first-order chi connectivity index (χ1) is 7.15. The molecular formula is C10H19N3OS. The van der Waals surface area contributed by atoms with Crippen molar-refractivity contribution >= 4 is 10.8 Å². The van der Waals surface area contributed by atoms with Gasteiger partial charge in [0.1, 0.15) is 0 Å². The van der Waals surface area contributed by atoms with E-state index in [2.05, 4.69) is 15.5 Å². The Kier molecular flexibility index (Phi) is 4.98. The molecule has 4 nitrogen and oxygen atoms in total. The summed E-state index contributed by atoms with van der Waals surface area (Å²) in [4.78, 5) is 0. The quantitative estimate of drug-likeness (QED) is 0.712. The molecule has 1 aromatic heterocycles. The van der Waals surface area contributed by atoms with Crippen LogP contribution >= 0.6 is 0 Å². The van der Waals surface area contributed by atoms with Crippen molar-refractivity contribution in [3.05, 3.63) is 17.0 Å². The third-order valence-corrected chi connectivity index (χ3v) is 3.71. The van der Waals surface area contributed by atoms with Gasteiger partial charge in [-0.2, -0.15) is 5.10 Å². The molecule has 86 valence electrons. The van der Waals surface area contributed by atoms with Gasteiger partial charge in [-0.3, -0.25) is 9.31 Å². The minimum atomic E-state index is -0.672. The number of hydrogen-bond acceptors (Lipinski definition) is 3. The fraction of sp³-hybridized carbons (Fsp3) is 0.700. The van der Waals surface area contributed by atoms with E-state index in [4.69, 9.17) is 0 Å². The lowest BCUT2D eigenvalue weighted by Crippen LogP contribution is -2.21. The van der Waals surface area contributed by atoms with Gasteiger partial charge in [-0.15, -0.1) is 0 Å². The highest BCUT2D eigenvalue weighted by Gasteiger charge is 2.05. The van der Waals surface area contributed by atoms with Crippen molar-refractivity contribution < 1.29 is 4.21 Å². The Balaban J connectivity index is 2.29. The Morgan fingerprint density at radius 1 is 1.47 bits per heavy atom. The van der Waals surface area contributed by atoms with Gasteiger partial charge in [0.25, 0.3) is 0 Å². The van der Waals surface area contributed by atoms with E-state index >= 15 is 0 Å². The number of H-pyrrole nitrogens is 1. The lowest BCUT2D eigenvalue weighted by atomic mass is 10.2. The minimum Gasteiger partial charge on any atom is -0.312 e. The van der Waals surface area contributed by atoms with Crippen molar-refractivity contribution in [1.82, 2.24) is 15.5 Å². The van der Waals surface area contributed by atoms with Crippen LogP contribution in [-0.2, 0) is 17.3 Å². The molecule has 0 bridgehead atoms. The van der Waals surface area contributed by atoms with Crippen molar-refractivity contribution in [2.75, 3.05) is 18.1 Å². The summed E-state index contributed by atoms with van der Waals surface area (Å²) in [6.07, 6.45) is 0. The third kappa shape index (κ3) is 3.76. The normalized spacial score (nSPS) is 13.0. The number of aromatic nitrogens is 2. The molecule has 1 aromatic rings. The molecule has 0 saturated heterocycles. The highest BCUT2D eigenvalue weighted by Crippen LogP contribution is 2.07. The average molecular weight is 229 g/mol. The number of nitrogens with one attached hydrogen (secondary N) is 2. The maximum atomic E-state index is 11.2. The SMILES string of the molecule is CCS(=O)CCNCc1c(C)n[nH]c1C. The van der Waals surface area contributed by atoms with Crippen LogP contribution in [0.15, 0.2) is 0 Å². The van der Waals surface area contributed by atoms with E-state index in [0.717, 1.165) is 36.0 Å². The maximum Gasteiger partial charge on any atom is 0.0638 e. The molecule has 0 amide bonds. The molecule has 5 heteroatoms. The lowest BCUT2D eigenvalue weighted by Gasteiger charge is -2.04. The van der Waals surface area contributed by atoms with Crippen LogP contribution in [-0.4, -0.2) is 32.5 Å². The van der Waals surface area contributed by atoms with Crippen LogP contribution < -0.4 is 5.32 Å². The van der Waals surface area contributed by atoms with E-state index in [1.165, 1.54) is 5.56 Å². The zero-order valence-electron chi connectivity index (χ0n) is 9.59. The second kappa shape index (κ2) is 6.02. The predicted molar refractivity (Wildman–Crippen MR) is 63.3 cm³/mol. The molecule has 1 atom stereocenters. The molecule has 0 radical (unpaired) electrons. The van der Waals surface area contributed by atoms with Crippen LogP contribution in [0, 0.1) is 13.8 Å². The van der Waals surface area contributed by atoms with Crippen LogP contribution in [0.1, 0.15) is 23.9 Å². The molecule has 2 N–H and O–H groups in total. The summed E-state index contributed by atoms with van der Waals surface area (Å²) >= 11 is 0. The fourth-order valence-corrected chi connectivity index (χ4v) is 2.04. The number of aryl methyl sites for hydroxylation is 2. The summed E-state index contributed by atoms with van der Waals surface area (Å²) in [7, 11) is -0.672. The molecular weight excluding hydrogens is 210 g/mol. The van der Waals surface area contributed by atoms with E-state index in [-0.39, 0.29) is 0 Å². The highest BCUT2D eigenvalue weighted by molar-refractivity contribution is 7.84. The van der Waals surface area contributed by atoms with Gasteiger partial charge in [0.15, 0.2) is 0 Å². The Morgan fingerprint density at radius 3 is 2.73 bits per heavy atom. The summed E-state index contributed by atoms with van der Waals surface area (Å²) < 4.78 is 11.2. The van der Waals surface area contributed by atoms with E-state index in [9.17, 15) is 4.21 Å². The van der Waals surface area contributed by atoms with Crippen LogP contribution in [0.4, 0.5) is 0 Å². The molecule has 0 aliphatic heterocycles. The van der Waals surface area contributed by atoms with Crippen LogP contribution in [0.3, 0.4) is 0 Å². The van der Waals surface area contributed by atoms with Gasteiger partial charge in [0.2, 0.25) is 0 Å². The van der Waals surface area contributed by atoms with Crippen molar-refractivity contribution in [1.29, 1.82) is 0 Å². The largest absolute Gasteiger partial charge is 0.312 e. The highest BCUT2D eigenvalue weighted by atomic mass is 32.2. The summed E-state index contributed by atoms with van der Waals surface area (Å²) in [5, 5.41) is 10.4. The summed E-state index contributed by atoms with van der Waals surface area (Å²) in [5.41, 5.74) is 3.37. The molecule has 0 aliphatic rings. The smallest absolute Gasteiger partial charge is 0.0638 e. The van der Waals surface area contributed by atoms with E-state index in [1.54, 1.807) is 0 Å². The molecule has 1 heterocycles. The Labute approximate surface area is 93.3 Å². The van der Waals surface area contributed by atoms with Gasteiger partial charge in [-0.05, 0) is 13.8 Å². The molecule has 1 unspecified atom stereocenters. The average Bonchev–Trinajstić information content (AvgIpc) is 2.54. The standard InChI is InChI=1S/C10H19N3OS/c1-4-15(14)6-5-11-7-10-8(2)12-13-9(10)3/h11H,4-7H2,1-3H3,(H,12,13). The molecule has 0 fully saturated rings. The van der Waals surface area contributed by atoms with Crippen LogP contribution in [0.5, 0.6) is 0 Å². The monoisotopic (exact) mass is 229 g/mol. The van der Waals surface area contributed by atoms with Gasteiger partial charge < -0.3 is 5.32 Å². The number of hydrogen-bond donors (Lipinski definition) is 2. The molecule has 1 rings (SSSR count). The van der Waals surface area contributed by atoms with Crippen molar-refractivity contribution in [3.63, 3.8) is 0 Å². The van der Waals surface area contributed by atoms with Crippen LogP contribution in [0.2, 0.25) is 0 Å². The number of rotatable bonds is 6. The zero-order valence-corrected chi connectivity index (χ0v) is 10.4. The summed E-state index contributed by atoms with van der Waals surface area (Å²) in [6.45, 7) is 7.55. The Bertz CT molecular complexity index is 316. The number of aromatic amines is 1. The van der Waals surface area contributed by atoms with Gasteiger partial charge >= 0.3 is 0 Å². The fourth-order valence-electron chi connectivity index (χ4n) is 1.38. The van der Waals surface area contributed by atoms with E-state index in [1.807, 2.05) is 20.8 Å². The summed E-state index contributed by atoms with van der Waals surface area (Å²) in [6, 6.07) is 0. The predicted octanol–water partition coefficient (Wildman–Crippen LogP) is 0.885. The summed E-state index contributed by atoms with van der Waals surface area (Å²) in [5.74, 6) is 1.47. The Hall–Kier alpha value is -0.680. The van der Waals surface area contributed by atoms with Crippen LogP contribution in [0.25, 0.3) is 0 Å². The second-order valence-corrected chi connectivity index (χ2v) is 5.39. The zero-order chi connectivity index (χ0) is 11.3. The molecule has 15 heavy (non-hydrogen) atoms. The van der Waals surface area contributed by atoms with Crippen molar-refractivity contribution in [3.8, 4) is 0 Å². The topological polar surface area (TPSA) is 57.8 Å². The molecule has 0 saturated carbocycles. The minimum absolute atomic E-state index is 0.672.